The number of likely N-dealkylation sites (tertiary alicyclic amines) is 1. The average molecular weight is 226 g/mol. The molecule has 2 rings (SSSR count). The Bertz CT molecular complexity index is 255. The van der Waals surface area contributed by atoms with Gasteiger partial charge in [-0.2, -0.15) is 0 Å². The summed E-state index contributed by atoms with van der Waals surface area (Å²) in [7, 11) is 5.79. The molecule has 0 aromatic carbocycles. The van der Waals surface area contributed by atoms with Crippen LogP contribution in [0.1, 0.15) is 0 Å². The molecule has 5 nitrogen and oxygen atoms in total. The van der Waals surface area contributed by atoms with Gasteiger partial charge in [-0.05, 0) is 7.05 Å². The van der Waals surface area contributed by atoms with Crippen LogP contribution < -0.4 is 0 Å². The SMILES string of the molecule is CN1CC(N2CCN(C(=O)N(C)C)CC2)C1. The third-order valence-electron chi connectivity index (χ3n) is 3.53. The highest BCUT2D eigenvalue weighted by Gasteiger charge is 2.32. The topological polar surface area (TPSA) is 30.0 Å². The number of hydrogen-bond donors (Lipinski definition) is 0. The molecule has 0 spiro atoms. The molecule has 0 unspecified atom stereocenters. The molecule has 2 amide bonds. The summed E-state index contributed by atoms with van der Waals surface area (Å²) in [6.45, 7) is 6.16. The summed E-state index contributed by atoms with van der Waals surface area (Å²) >= 11 is 0. The van der Waals surface area contributed by atoms with E-state index < -0.39 is 0 Å². The Kier molecular flexibility index (Phi) is 3.35. The third kappa shape index (κ3) is 2.30. The van der Waals surface area contributed by atoms with Crippen LogP contribution in [-0.2, 0) is 0 Å². The number of amides is 2. The number of urea groups is 1. The summed E-state index contributed by atoms with van der Waals surface area (Å²) in [6, 6.07) is 0.868. The first-order valence-corrected chi connectivity index (χ1v) is 5.97. The van der Waals surface area contributed by atoms with Crippen LogP contribution in [0.2, 0.25) is 0 Å². The maximum atomic E-state index is 11.7. The number of nitrogens with zero attached hydrogens (tertiary/aromatic N) is 4. The zero-order valence-corrected chi connectivity index (χ0v) is 10.5. The molecule has 0 aromatic heterocycles. The van der Waals surface area contributed by atoms with Gasteiger partial charge in [0.2, 0.25) is 0 Å². The fourth-order valence-electron chi connectivity index (χ4n) is 2.46. The summed E-state index contributed by atoms with van der Waals surface area (Å²) in [5.74, 6) is 0. The van der Waals surface area contributed by atoms with Gasteiger partial charge < -0.3 is 14.7 Å². The fraction of sp³-hybridized carbons (Fsp3) is 0.909. The van der Waals surface area contributed by atoms with Gasteiger partial charge in [-0.15, -0.1) is 0 Å². The molecule has 0 bridgehead atoms. The Hall–Kier alpha value is -0.810. The van der Waals surface area contributed by atoms with Gasteiger partial charge in [0.25, 0.3) is 0 Å². The van der Waals surface area contributed by atoms with Crippen molar-refractivity contribution in [1.29, 1.82) is 0 Å². The van der Waals surface area contributed by atoms with E-state index in [4.69, 9.17) is 0 Å². The minimum Gasteiger partial charge on any atom is -0.331 e. The molecule has 0 radical (unpaired) electrons. The molecule has 2 aliphatic heterocycles. The molecular formula is C11H22N4O. The van der Waals surface area contributed by atoms with Gasteiger partial charge in [-0.1, -0.05) is 0 Å². The quantitative estimate of drug-likeness (QED) is 0.609. The lowest BCUT2D eigenvalue weighted by Crippen LogP contribution is -2.62. The second-order valence-electron chi connectivity index (χ2n) is 5.08. The van der Waals surface area contributed by atoms with Gasteiger partial charge in [0.1, 0.15) is 0 Å². The molecule has 2 heterocycles. The minimum atomic E-state index is 0.144. The second kappa shape index (κ2) is 4.59. The smallest absolute Gasteiger partial charge is 0.319 e. The van der Waals surface area contributed by atoms with E-state index in [9.17, 15) is 4.79 Å². The van der Waals surface area contributed by atoms with Gasteiger partial charge in [0.05, 0.1) is 0 Å². The van der Waals surface area contributed by atoms with E-state index in [1.165, 1.54) is 13.1 Å². The van der Waals surface area contributed by atoms with Crippen molar-refractivity contribution in [2.24, 2.45) is 0 Å². The van der Waals surface area contributed by atoms with Crippen molar-refractivity contribution in [3.05, 3.63) is 0 Å². The van der Waals surface area contributed by atoms with Crippen LogP contribution in [0.15, 0.2) is 0 Å². The maximum absolute atomic E-state index is 11.7. The van der Waals surface area contributed by atoms with Gasteiger partial charge in [-0.25, -0.2) is 4.79 Å². The van der Waals surface area contributed by atoms with Gasteiger partial charge in [0, 0.05) is 59.4 Å². The lowest BCUT2D eigenvalue weighted by Gasteiger charge is -2.47. The molecule has 0 saturated carbocycles. The summed E-state index contributed by atoms with van der Waals surface area (Å²) in [6.07, 6.45) is 0. The van der Waals surface area contributed by atoms with Crippen molar-refractivity contribution in [2.75, 3.05) is 60.4 Å². The molecule has 5 heteroatoms. The summed E-state index contributed by atoms with van der Waals surface area (Å²) in [4.78, 5) is 20.2. The van der Waals surface area contributed by atoms with E-state index >= 15 is 0 Å². The Morgan fingerprint density at radius 2 is 1.69 bits per heavy atom. The van der Waals surface area contributed by atoms with Crippen LogP contribution in [0, 0.1) is 0 Å². The van der Waals surface area contributed by atoms with Crippen LogP contribution in [0.3, 0.4) is 0 Å². The first-order chi connectivity index (χ1) is 7.58. The van der Waals surface area contributed by atoms with Crippen LogP contribution in [0.5, 0.6) is 0 Å². The Balaban J connectivity index is 1.76. The van der Waals surface area contributed by atoms with E-state index in [2.05, 4.69) is 16.8 Å². The van der Waals surface area contributed by atoms with Crippen LogP contribution >= 0.6 is 0 Å². The number of hydrogen-bond acceptors (Lipinski definition) is 3. The van der Waals surface area contributed by atoms with Crippen molar-refractivity contribution in [1.82, 2.24) is 19.6 Å². The number of carbonyl (C=O) groups is 1. The number of rotatable bonds is 1. The van der Waals surface area contributed by atoms with Gasteiger partial charge in [-0.3, -0.25) is 4.90 Å². The Morgan fingerprint density at radius 1 is 1.12 bits per heavy atom. The van der Waals surface area contributed by atoms with Crippen LogP contribution in [0.4, 0.5) is 4.79 Å². The fourth-order valence-corrected chi connectivity index (χ4v) is 2.46. The van der Waals surface area contributed by atoms with Crippen LogP contribution in [-0.4, -0.2) is 92.1 Å². The first kappa shape index (κ1) is 11.7. The molecule has 2 fully saturated rings. The summed E-state index contributed by atoms with van der Waals surface area (Å²) in [5, 5.41) is 0. The van der Waals surface area contributed by atoms with Crippen molar-refractivity contribution >= 4 is 6.03 Å². The highest BCUT2D eigenvalue weighted by atomic mass is 16.2. The molecule has 16 heavy (non-hydrogen) atoms. The maximum Gasteiger partial charge on any atom is 0.319 e. The van der Waals surface area contributed by atoms with Crippen molar-refractivity contribution in [3.63, 3.8) is 0 Å². The van der Waals surface area contributed by atoms with Crippen molar-refractivity contribution in [3.8, 4) is 0 Å². The highest BCUT2D eigenvalue weighted by molar-refractivity contribution is 5.73. The van der Waals surface area contributed by atoms with E-state index in [1.54, 1.807) is 4.90 Å². The highest BCUT2D eigenvalue weighted by Crippen LogP contribution is 2.15. The average Bonchev–Trinajstić information content (AvgIpc) is 2.24. The Morgan fingerprint density at radius 3 is 2.12 bits per heavy atom. The molecule has 0 atom stereocenters. The van der Waals surface area contributed by atoms with Crippen molar-refractivity contribution < 1.29 is 4.79 Å². The Labute approximate surface area is 97.6 Å². The zero-order valence-electron chi connectivity index (χ0n) is 10.5. The first-order valence-electron chi connectivity index (χ1n) is 5.97. The van der Waals surface area contributed by atoms with E-state index in [-0.39, 0.29) is 6.03 Å². The third-order valence-corrected chi connectivity index (χ3v) is 3.53. The standard InChI is InChI=1S/C11H22N4O/c1-12(2)11(16)15-6-4-14(5-7-15)10-8-13(3)9-10/h10H,4-9H2,1-3H3. The lowest BCUT2D eigenvalue weighted by molar-refractivity contribution is 0.0230. The van der Waals surface area contributed by atoms with E-state index in [1.807, 2.05) is 19.0 Å². The predicted octanol–water partition coefficient (Wildman–Crippen LogP) is -0.400. The molecule has 0 N–H and O–H groups in total. The molecule has 0 aliphatic carbocycles. The normalized spacial score (nSPS) is 24.3. The molecule has 2 saturated heterocycles. The number of piperazine rings is 1. The van der Waals surface area contributed by atoms with E-state index in [0.29, 0.717) is 0 Å². The van der Waals surface area contributed by atoms with Crippen LogP contribution in [0.25, 0.3) is 0 Å². The number of likely N-dealkylation sites (N-methyl/N-ethyl adjacent to an activating group) is 1. The second-order valence-corrected chi connectivity index (χ2v) is 5.08. The predicted molar refractivity (Wildman–Crippen MR) is 63.5 cm³/mol. The monoisotopic (exact) mass is 226 g/mol. The molecule has 2 aliphatic rings. The summed E-state index contributed by atoms with van der Waals surface area (Å²) in [5.41, 5.74) is 0. The van der Waals surface area contributed by atoms with E-state index in [0.717, 1.165) is 32.2 Å². The summed E-state index contributed by atoms with van der Waals surface area (Å²) < 4.78 is 0. The molecular weight excluding hydrogens is 204 g/mol. The zero-order chi connectivity index (χ0) is 11.7. The van der Waals surface area contributed by atoms with Gasteiger partial charge in [0.15, 0.2) is 0 Å². The van der Waals surface area contributed by atoms with Crippen molar-refractivity contribution in [2.45, 2.75) is 6.04 Å². The lowest BCUT2D eigenvalue weighted by atomic mass is 10.1. The number of carbonyl (C=O) groups excluding carboxylic acids is 1. The largest absolute Gasteiger partial charge is 0.331 e. The molecule has 92 valence electrons. The minimum absolute atomic E-state index is 0.144. The van der Waals surface area contributed by atoms with Gasteiger partial charge >= 0.3 is 6.03 Å². The molecule has 0 aromatic rings.